The average molecular weight is 337 g/mol. The quantitative estimate of drug-likeness (QED) is 0.763. The van der Waals surface area contributed by atoms with Crippen LogP contribution in [0.2, 0.25) is 5.02 Å². The highest BCUT2D eigenvalue weighted by Crippen LogP contribution is 2.25. The van der Waals surface area contributed by atoms with E-state index in [4.69, 9.17) is 21.8 Å². The SMILES string of the molecule is O=C(N[C@H](CCO)C(=O)O)c1cccc(Br)c1Cl. The van der Waals surface area contributed by atoms with Gasteiger partial charge in [0.1, 0.15) is 6.04 Å². The maximum Gasteiger partial charge on any atom is 0.326 e. The molecule has 5 nitrogen and oxygen atoms in total. The highest BCUT2D eigenvalue weighted by Gasteiger charge is 2.21. The van der Waals surface area contributed by atoms with E-state index in [-0.39, 0.29) is 23.6 Å². The highest BCUT2D eigenvalue weighted by atomic mass is 79.9. The lowest BCUT2D eigenvalue weighted by Crippen LogP contribution is -2.41. The van der Waals surface area contributed by atoms with Crippen molar-refractivity contribution in [2.75, 3.05) is 6.61 Å². The topological polar surface area (TPSA) is 86.6 Å². The van der Waals surface area contributed by atoms with Gasteiger partial charge in [0, 0.05) is 17.5 Å². The molecule has 0 radical (unpaired) electrons. The van der Waals surface area contributed by atoms with Gasteiger partial charge in [0.15, 0.2) is 0 Å². The number of hydrogen-bond donors (Lipinski definition) is 3. The Morgan fingerprint density at radius 3 is 2.67 bits per heavy atom. The molecule has 18 heavy (non-hydrogen) atoms. The summed E-state index contributed by atoms with van der Waals surface area (Å²) in [5, 5.41) is 20.1. The molecule has 0 spiro atoms. The van der Waals surface area contributed by atoms with Gasteiger partial charge >= 0.3 is 5.97 Å². The third kappa shape index (κ3) is 3.69. The molecular formula is C11H11BrClNO4. The number of aliphatic carboxylic acids is 1. The smallest absolute Gasteiger partial charge is 0.326 e. The van der Waals surface area contributed by atoms with Crippen molar-refractivity contribution < 1.29 is 19.8 Å². The molecule has 0 saturated heterocycles. The number of carboxylic acid groups (broad SMARTS) is 1. The molecule has 98 valence electrons. The van der Waals surface area contributed by atoms with E-state index in [0.29, 0.717) is 4.47 Å². The van der Waals surface area contributed by atoms with E-state index in [2.05, 4.69) is 21.2 Å². The number of carboxylic acids is 1. The summed E-state index contributed by atoms with van der Waals surface area (Å²) >= 11 is 9.10. The van der Waals surface area contributed by atoms with Crippen LogP contribution in [-0.2, 0) is 4.79 Å². The third-order valence-electron chi connectivity index (χ3n) is 2.22. The summed E-state index contributed by atoms with van der Waals surface area (Å²) in [6.45, 7) is -0.330. The molecule has 0 bridgehead atoms. The molecule has 1 rings (SSSR count). The third-order valence-corrected chi connectivity index (χ3v) is 3.51. The minimum absolute atomic E-state index is 0.0628. The number of carbonyl (C=O) groups is 2. The number of amides is 1. The summed E-state index contributed by atoms with van der Waals surface area (Å²) in [7, 11) is 0. The molecule has 0 aliphatic heterocycles. The zero-order valence-electron chi connectivity index (χ0n) is 9.19. The first-order chi connectivity index (χ1) is 8.47. The van der Waals surface area contributed by atoms with Crippen LogP contribution >= 0.6 is 27.5 Å². The molecule has 0 aliphatic rings. The number of halogens is 2. The standard InChI is InChI=1S/C11H11BrClNO4/c12-7-3-1-2-6(9(7)13)10(16)14-8(4-5-15)11(17)18/h1-3,8,15H,4-5H2,(H,14,16)(H,17,18)/t8-/m1/s1. The van der Waals surface area contributed by atoms with E-state index in [1.807, 2.05) is 0 Å². The van der Waals surface area contributed by atoms with Gasteiger partial charge in [0.05, 0.1) is 10.6 Å². The van der Waals surface area contributed by atoms with Crippen LogP contribution in [-0.4, -0.2) is 34.7 Å². The highest BCUT2D eigenvalue weighted by molar-refractivity contribution is 9.10. The Bertz CT molecular complexity index is 466. The Balaban J connectivity index is 2.87. The van der Waals surface area contributed by atoms with Crippen LogP contribution in [0.4, 0.5) is 0 Å². The lowest BCUT2D eigenvalue weighted by atomic mass is 10.1. The average Bonchev–Trinajstić information content (AvgIpc) is 2.31. The van der Waals surface area contributed by atoms with Crippen molar-refractivity contribution in [3.05, 3.63) is 33.3 Å². The predicted octanol–water partition coefficient (Wildman–Crippen LogP) is 1.67. The van der Waals surface area contributed by atoms with Gasteiger partial charge in [-0.2, -0.15) is 0 Å². The Morgan fingerprint density at radius 1 is 1.44 bits per heavy atom. The summed E-state index contributed by atoms with van der Waals surface area (Å²) in [6, 6.07) is 3.63. The summed E-state index contributed by atoms with van der Waals surface area (Å²) in [4.78, 5) is 22.7. The van der Waals surface area contributed by atoms with Crippen molar-refractivity contribution in [1.29, 1.82) is 0 Å². The van der Waals surface area contributed by atoms with Gasteiger partial charge in [0.25, 0.3) is 5.91 Å². The van der Waals surface area contributed by atoms with Crippen LogP contribution in [0.3, 0.4) is 0 Å². The molecule has 3 N–H and O–H groups in total. The molecule has 0 fully saturated rings. The second-order valence-corrected chi connectivity index (χ2v) is 4.71. The fraction of sp³-hybridized carbons (Fsp3) is 0.273. The number of aliphatic hydroxyl groups is 1. The van der Waals surface area contributed by atoms with E-state index in [9.17, 15) is 9.59 Å². The van der Waals surface area contributed by atoms with Gasteiger partial charge in [-0.3, -0.25) is 4.79 Å². The molecular weight excluding hydrogens is 325 g/mol. The van der Waals surface area contributed by atoms with Gasteiger partial charge in [-0.1, -0.05) is 17.7 Å². The van der Waals surface area contributed by atoms with E-state index in [1.165, 1.54) is 6.07 Å². The van der Waals surface area contributed by atoms with Gasteiger partial charge in [-0.25, -0.2) is 4.79 Å². The minimum atomic E-state index is -1.21. The Labute approximate surface area is 117 Å². The van der Waals surface area contributed by atoms with Crippen molar-refractivity contribution in [3.63, 3.8) is 0 Å². The molecule has 1 amide bonds. The molecule has 1 atom stereocenters. The minimum Gasteiger partial charge on any atom is -0.480 e. The molecule has 0 aromatic heterocycles. The molecule has 0 saturated carbocycles. The first-order valence-electron chi connectivity index (χ1n) is 5.06. The molecule has 1 aromatic rings. The van der Waals surface area contributed by atoms with Gasteiger partial charge in [-0.05, 0) is 28.1 Å². The van der Waals surface area contributed by atoms with Crippen LogP contribution in [0.5, 0.6) is 0 Å². The van der Waals surface area contributed by atoms with Gasteiger partial charge in [-0.15, -0.1) is 0 Å². The van der Waals surface area contributed by atoms with E-state index in [1.54, 1.807) is 12.1 Å². The summed E-state index contributed by atoms with van der Waals surface area (Å²) < 4.78 is 0.547. The summed E-state index contributed by atoms with van der Waals surface area (Å²) in [5.41, 5.74) is 0.176. The zero-order valence-corrected chi connectivity index (χ0v) is 11.5. The molecule has 1 aromatic carbocycles. The lowest BCUT2D eigenvalue weighted by Gasteiger charge is -2.14. The van der Waals surface area contributed by atoms with Gasteiger partial charge in [0.2, 0.25) is 0 Å². The maximum absolute atomic E-state index is 11.8. The molecule has 0 heterocycles. The van der Waals surface area contributed by atoms with Crippen LogP contribution in [0, 0.1) is 0 Å². The normalized spacial score (nSPS) is 11.9. The van der Waals surface area contributed by atoms with Gasteiger partial charge < -0.3 is 15.5 Å². The number of hydrogen-bond acceptors (Lipinski definition) is 3. The summed E-state index contributed by atoms with van der Waals surface area (Å²) in [6.07, 6.45) is -0.0628. The van der Waals surface area contributed by atoms with E-state index >= 15 is 0 Å². The molecule has 0 unspecified atom stereocenters. The molecule has 7 heteroatoms. The van der Waals surface area contributed by atoms with Crippen molar-refractivity contribution in [3.8, 4) is 0 Å². The number of carbonyl (C=O) groups excluding carboxylic acids is 1. The Hall–Kier alpha value is -1.11. The predicted molar refractivity (Wildman–Crippen MR) is 69.7 cm³/mol. The van der Waals surface area contributed by atoms with Crippen LogP contribution < -0.4 is 5.32 Å². The van der Waals surface area contributed by atoms with Crippen molar-refractivity contribution in [1.82, 2.24) is 5.32 Å². The summed E-state index contributed by atoms with van der Waals surface area (Å²) in [5.74, 6) is -1.80. The van der Waals surface area contributed by atoms with E-state index in [0.717, 1.165) is 0 Å². The number of nitrogens with one attached hydrogen (secondary N) is 1. The second-order valence-electron chi connectivity index (χ2n) is 3.48. The Kier molecular flexibility index (Phi) is 5.58. The fourth-order valence-electron chi connectivity index (χ4n) is 1.30. The first-order valence-corrected chi connectivity index (χ1v) is 6.23. The van der Waals surface area contributed by atoms with Crippen molar-refractivity contribution >= 4 is 39.4 Å². The Morgan fingerprint density at radius 2 is 2.11 bits per heavy atom. The largest absolute Gasteiger partial charge is 0.480 e. The number of aliphatic hydroxyl groups excluding tert-OH is 1. The second kappa shape index (κ2) is 6.72. The van der Waals surface area contributed by atoms with E-state index < -0.39 is 17.9 Å². The first kappa shape index (κ1) is 14.9. The van der Waals surface area contributed by atoms with Crippen LogP contribution in [0.1, 0.15) is 16.8 Å². The lowest BCUT2D eigenvalue weighted by molar-refractivity contribution is -0.139. The number of benzene rings is 1. The van der Waals surface area contributed by atoms with Crippen LogP contribution in [0.15, 0.2) is 22.7 Å². The fourth-order valence-corrected chi connectivity index (χ4v) is 1.88. The monoisotopic (exact) mass is 335 g/mol. The maximum atomic E-state index is 11.8. The van der Waals surface area contributed by atoms with Crippen LogP contribution in [0.25, 0.3) is 0 Å². The van der Waals surface area contributed by atoms with Crippen molar-refractivity contribution in [2.45, 2.75) is 12.5 Å². The number of rotatable bonds is 5. The molecule has 0 aliphatic carbocycles. The van der Waals surface area contributed by atoms with Crippen molar-refractivity contribution in [2.24, 2.45) is 0 Å². The zero-order chi connectivity index (χ0) is 13.7.